The molecule has 0 spiro atoms. The third-order valence-electron chi connectivity index (χ3n) is 1.74. The lowest BCUT2D eigenvalue weighted by Crippen LogP contribution is -2.11. The maximum atomic E-state index is 11.0. The SMILES string of the molecule is CCOC(=O)CCNc1ccccc1.Cl. The average Bonchev–Trinajstić information content (AvgIpc) is 2.20. The molecule has 0 amide bonds. The topological polar surface area (TPSA) is 38.3 Å². The number of rotatable bonds is 5. The second-order valence-electron chi connectivity index (χ2n) is 2.85. The lowest BCUT2D eigenvalue weighted by Gasteiger charge is -2.05. The van der Waals surface area contributed by atoms with Crippen LogP contribution in [-0.2, 0) is 9.53 Å². The van der Waals surface area contributed by atoms with Gasteiger partial charge < -0.3 is 10.1 Å². The highest BCUT2D eigenvalue weighted by Crippen LogP contribution is 2.04. The van der Waals surface area contributed by atoms with E-state index in [1.807, 2.05) is 37.3 Å². The third kappa shape index (κ3) is 5.96. The highest BCUT2D eigenvalue weighted by molar-refractivity contribution is 5.85. The van der Waals surface area contributed by atoms with Gasteiger partial charge in [-0.25, -0.2) is 0 Å². The molecule has 1 aromatic carbocycles. The van der Waals surface area contributed by atoms with Crippen molar-refractivity contribution in [2.24, 2.45) is 0 Å². The molecule has 3 nitrogen and oxygen atoms in total. The number of hydrogen-bond acceptors (Lipinski definition) is 3. The Kier molecular flexibility index (Phi) is 7.46. The largest absolute Gasteiger partial charge is 0.466 e. The molecule has 0 aromatic heterocycles. The van der Waals surface area contributed by atoms with Crippen LogP contribution in [0.3, 0.4) is 0 Å². The van der Waals surface area contributed by atoms with Crippen LogP contribution in [0.1, 0.15) is 13.3 Å². The molecule has 0 aliphatic rings. The summed E-state index contributed by atoms with van der Waals surface area (Å²) in [5.41, 5.74) is 1.02. The number of hydrogen-bond donors (Lipinski definition) is 1. The van der Waals surface area contributed by atoms with E-state index in [1.165, 1.54) is 0 Å². The van der Waals surface area contributed by atoms with Gasteiger partial charge in [-0.15, -0.1) is 12.4 Å². The fourth-order valence-electron chi connectivity index (χ4n) is 1.10. The maximum absolute atomic E-state index is 11.0. The number of ether oxygens (including phenoxy) is 1. The van der Waals surface area contributed by atoms with E-state index in [2.05, 4.69) is 5.32 Å². The minimum atomic E-state index is -0.157. The summed E-state index contributed by atoms with van der Waals surface area (Å²) < 4.78 is 4.80. The molecule has 1 rings (SSSR count). The number of esters is 1. The van der Waals surface area contributed by atoms with Crippen LogP contribution in [0.4, 0.5) is 5.69 Å². The Morgan fingerprint density at radius 2 is 2.00 bits per heavy atom. The maximum Gasteiger partial charge on any atom is 0.307 e. The number of para-hydroxylation sites is 1. The van der Waals surface area contributed by atoms with Crippen LogP contribution in [-0.4, -0.2) is 19.1 Å². The van der Waals surface area contributed by atoms with E-state index < -0.39 is 0 Å². The van der Waals surface area contributed by atoms with E-state index in [1.54, 1.807) is 0 Å². The molecule has 15 heavy (non-hydrogen) atoms. The summed E-state index contributed by atoms with van der Waals surface area (Å²) in [4.78, 5) is 11.0. The molecule has 0 heterocycles. The van der Waals surface area contributed by atoms with E-state index >= 15 is 0 Å². The normalized spacial score (nSPS) is 8.87. The Labute approximate surface area is 96.2 Å². The minimum absolute atomic E-state index is 0. The van der Waals surface area contributed by atoms with Crippen molar-refractivity contribution in [1.29, 1.82) is 0 Å². The number of carbonyl (C=O) groups is 1. The van der Waals surface area contributed by atoms with Crippen molar-refractivity contribution in [2.75, 3.05) is 18.5 Å². The summed E-state index contributed by atoms with van der Waals surface area (Å²) in [6, 6.07) is 9.78. The van der Waals surface area contributed by atoms with Crippen molar-refractivity contribution in [3.8, 4) is 0 Å². The molecule has 84 valence electrons. The molecule has 0 aliphatic heterocycles. The fourth-order valence-corrected chi connectivity index (χ4v) is 1.10. The van der Waals surface area contributed by atoms with Gasteiger partial charge in [0.25, 0.3) is 0 Å². The van der Waals surface area contributed by atoms with E-state index in [4.69, 9.17) is 4.74 Å². The second-order valence-corrected chi connectivity index (χ2v) is 2.85. The Morgan fingerprint density at radius 1 is 1.33 bits per heavy atom. The molecule has 0 aliphatic carbocycles. The van der Waals surface area contributed by atoms with Crippen molar-refractivity contribution >= 4 is 24.1 Å². The third-order valence-corrected chi connectivity index (χ3v) is 1.74. The Balaban J connectivity index is 0.00000196. The van der Waals surface area contributed by atoms with Crippen LogP contribution in [0.15, 0.2) is 30.3 Å². The molecule has 0 bridgehead atoms. The molecule has 0 unspecified atom stereocenters. The highest BCUT2D eigenvalue weighted by atomic mass is 35.5. The molecule has 0 radical (unpaired) electrons. The molecule has 1 aromatic rings. The predicted octanol–water partition coefficient (Wildman–Crippen LogP) is 2.47. The van der Waals surface area contributed by atoms with Gasteiger partial charge in [0.2, 0.25) is 0 Å². The summed E-state index contributed by atoms with van der Waals surface area (Å²) in [6.45, 7) is 2.87. The van der Waals surface area contributed by atoms with Crippen molar-refractivity contribution in [2.45, 2.75) is 13.3 Å². The number of anilines is 1. The Hall–Kier alpha value is -1.22. The van der Waals surface area contributed by atoms with Crippen LogP contribution in [0.2, 0.25) is 0 Å². The number of carbonyl (C=O) groups excluding carboxylic acids is 1. The second kappa shape index (κ2) is 8.12. The summed E-state index contributed by atoms with van der Waals surface area (Å²) in [6.07, 6.45) is 0.405. The van der Waals surface area contributed by atoms with E-state index in [0.717, 1.165) is 5.69 Å². The Bertz CT molecular complexity index is 277. The smallest absolute Gasteiger partial charge is 0.307 e. The molecule has 4 heteroatoms. The molecular weight excluding hydrogens is 214 g/mol. The van der Waals surface area contributed by atoms with Crippen molar-refractivity contribution in [3.63, 3.8) is 0 Å². The summed E-state index contributed by atoms with van der Waals surface area (Å²) in [5.74, 6) is -0.157. The molecule has 0 fully saturated rings. The van der Waals surface area contributed by atoms with Gasteiger partial charge in [-0.1, -0.05) is 18.2 Å². The van der Waals surface area contributed by atoms with Crippen LogP contribution in [0, 0.1) is 0 Å². The van der Waals surface area contributed by atoms with Gasteiger partial charge in [0.1, 0.15) is 0 Å². The van der Waals surface area contributed by atoms with Crippen molar-refractivity contribution < 1.29 is 9.53 Å². The lowest BCUT2D eigenvalue weighted by molar-refractivity contribution is -0.142. The number of nitrogens with one attached hydrogen (secondary N) is 1. The van der Waals surface area contributed by atoms with Gasteiger partial charge in [0.05, 0.1) is 13.0 Å². The molecule has 0 saturated carbocycles. The van der Waals surface area contributed by atoms with E-state index in [9.17, 15) is 4.79 Å². The minimum Gasteiger partial charge on any atom is -0.466 e. The monoisotopic (exact) mass is 229 g/mol. The van der Waals surface area contributed by atoms with Crippen LogP contribution < -0.4 is 5.32 Å². The van der Waals surface area contributed by atoms with Gasteiger partial charge in [-0.2, -0.15) is 0 Å². The molecule has 0 saturated heterocycles. The first kappa shape index (κ1) is 13.8. The van der Waals surface area contributed by atoms with Gasteiger partial charge >= 0.3 is 5.97 Å². The predicted molar refractivity (Wildman–Crippen MR) is 63.4 cm³/mol. The average molecular weight is 230 g/mol. The van der Waals surface area contributed by atoms with Gasteiger partial charge in [0, 0.05) is 12.2 Å². The lowest BCUT2D eigenvalue weighted by atomic mass is 10.3. The standard InChI is InChI=1S/C11H15NO2.ClH/c1-2-14-11(13)8-9-12-10-6-4-3-5-7-10;/h3-7,12H,2,8-9H2,1H3;1H. The van der Waals surface area contributed by atoms with Crippen molar-refractivity contribution in [1.82, 2.24) is 0 Å². The summed E-state index contributed by atoms with van der Waals surface area (Å²) in [5, 5.41) is 3.13. The Morgan fingerprint density at radius 3 is 2.60 bits per heavy atom. The first-order chi connectivity index (χ1) is 6.83. The summed E-state index contributed by atoms with van der Waals surface area (Å²) in [7, 11) is 0. The number of halogens is 1. The molecule has 1 N–H and O–H groups in total. The van der Waals surface area contributed by atoms with Crippen LogP contribution in [0.25, 0.3) is 0 Å². The van der Waals surface area contributed by atoms with Crippen molar-refractivity contribution in [3.05, 3.63) is 30.3 Å². The van der Waals surface area contributed by atoms with Crippen LogP contribution in [0.5, 0.6) is 0 Å². The number of benzene rings is 1. The zero-order chi connectivity index (χ0) is 10.2. The fraction of sp³-hybridized carbons (Fsp3) is 0.364. The first-order valence-electron chi connectivity index (χ1n) is 4.77. The zero-order valence-corrected chi connectivity index (χ0v) is 9.55. The summed E-state index contributed by atoms with van der Waals surface area (Å²) >= 11 is 0. The first-order valence-corrected chi connectivity index (χ1v) is 4.77. The van der Waals surface area contributed by atoms with Gasteiger partial charge in [0.15, 0.2) is 0 Å². The van der Waals surface area contributed by atoms with Gasteiger partial charge in [-0.05, 0) is 19.1 Å². The zero-order valence-electron chi connectivity index (χ0n) is 8.73. The van der Waals surface area contributed by atoms with Gasteiger partial charge in [-0.3, -0.25) is 4.79 Å². The quantitative estimate of drug-likeness (QED) is 0.789. The van der Waals surface area contributed by atoms with E-state index in [-0.39, 0.29) is 18.4 Å². The van der Waals surface area contributed by atoms with Crippen LogP contribution >= 0.6 is 12.4 Å². The molecule has 0 atom stereocenters. The van der Waals surface area contributed by atoms with E-state index in [0.29, 0.717) is 19.6 Å². The highest BCUT2D eigenvalue weighted by Gasteiger charge is 1.99. The molecular formula is C11H16ClNO2.